The first-order valence-electron chi connectivity index (χ1n) is 10.6. The molecule has 0 aliphatic heterocycles. The van der Waals surface area contributed by atoms with Crippen LogP contribution in [0.5, 0.6) is 0 Å². The van der Waals surface area contributed by atoms with Crippen LogP contribution in [0.15, 0.2) is 24.5 Å². The van der Waals surface area contributed by atoms with Crippen LogP contribution in [0.4, 0.5) is 0 Å². The SMILES string of the molecule is S=c1n(CN(CC2CCCCC2)C2CC2)nc(-c2cccnc2)n1C1CC1. The molecule has 0 aromatic carbocycles. The summed E-state index contributed by atoms with van der Waals surface area (Å²) in [5.74, 6) is 1.85. The summed E-state index contributed by atoms with van der Waals surface area (Å²) in [5, 5.41) is 4.98. The smallest absolute Gasteiger partial charge is 0.199 e. The van der Waals surface area contributed by atoms with Crippen molar-refractivity contribution in [3.8, 4) is 11.4 Å². The highest BCUT2D eigenvalue weighted by Crippen LogP contribution is 2.39. The van der Waals surface area contributed by atoms with Gasteiger partial charge in [0.05, 0.1) is 6.67 Å². The van der Waals surface area contributed by atoms with Crippen molar-refractivity contribution >= 4 is 12.2 Å². The minimum absolute atomic E-state index is 0.522. The van der Waals surface area contributed by atoms with E-state index in [4.69, 9.17) is 17.3 Å². The van der Waals surface area contributed by atoms with E-state index in [2.05, 4.69) is 25.2 Å². The number of hydrogen-bond donors (Lipinski definition) is 0. The van der Waals surface area contributed by atoms with E-state index in [1.54, 1.807) is 0 Å². The Kier molecular flexibility index (Phi) is 4.86. The summed E-state index contributed by atoms with van der Waals surface area (Å²) in [5.41, 5.74) is 1.07. The Labute approximate surface area is 166 Å². The summed E-state index contributed by atoms with van der Waals surface area (Å²) >= 11 is 5.88. The van der Waals surface area contributed by atoms with Gasteiger partial charge in [-0.05, 0) is 68.8 Å². The van der Waals surface area contributed by atoms with Crippen molar-refractivity contribution in [2.75, 3.05) is 6.54 Å². The maximum Gasteiger partial charge on any atom is 0.199 e. The van der Waals surface area contributed by atoms with Gasteiger partial charge in [0.25, 0.3) is 0 Å². The lowest BCUT2D eigenvalue weighted by atomic mass is 9.89. The first-order valence-corrected chi connectivity index (χ1v) is 11.0. The third-order valence-corrected chi connectivity index (χ3v) is 6.71. The average Bonchev–Trinajstić information content (AvgIpc) is 3.62. The largest absolute Gasteiger partial charge is 0.297 e. The summed E-state index contributed by atoms with van der Waals surface area (Å²) in [6, 6.07) is 5.33. The molecule has 27 heavy (non-hydrogen) atoms. The topological polar surface area (TPSA) is 38.9 Å². The number of hydrogen-bond acceptors (Lipinski definition) is 4. The van der Waals surface area contributed by atoms with E-state index in [0.29, 0.717) is 6.04 Å². The maximum atomic E-state index is 5.88. The fourth-order valence-electron chi connectivity index (χ4n) is 4.50. The number of aromatic nitrogens is 4. The van der Waals surface area contributed by atoms with Crippen LogP contribution in [0.2, 0.25) is 0 Å². The van der Waals surface area contributed by atoms with Gasteiger partial charge in [-0.3, -0.25) is 14.5 Å². The highest BCUT2D eigenvalue weighted by atomic mass is 32.1. The van der Waals surface area contributed by atoms with Crippen LogP contribution >= 0.6 is 12.2 Å². The molecule has 5 rings (SSSR count). The normalized spacial score (nSPS) is 21.1. The first kappa shape index (κ1) is 17.6. The monoisotopic (exact) mass is 383 g/mol. The molecule has 3 aliphatic carbocycles. The zero-order valence-corrected chi connectivity index (χ0v) is 16.8. The van der Waals surface area contributed by atoms with Gasteiger partial charge < -0.3 is 0 Å². The van der Waals surface area contributed by atoms with Gasteiger partial charge in [0.2, 0.25) is 0 Å². The lowest BCUT2D eigenvalue weighted by Gasteiger charge is -2.29. The molecule has 3 saturated carbocycles. The van der Waals surface area contributed by atoms with Crippen LogP contribution < -0.4 is 0 Å². The lowest BCUT2D eigenvalue weighted by molar-refractivity contribution is 0.147. The van der Waals surface area contributed by atoms with Crippen molar-refractivity contribution < 1.29 is 0 Å². The van der Waals surface area contributed by atoms with Gasteiger partial charge in [0, 0.05) is 36.6 Å². The summed E-state index contributed by atoms with van der Waals surface area (Å²) < 4.78 is 5.24. The van der Waals surface area contributed by atoms with Crippen LogP contribution in [0, 0.1) is 10.7 Å². The molecule has 0 radical (unpaired) electrons. The molecule has 2 aromatic rings. The van der Waals surface area contributed by atoms with Gasteiger partial charge >= 0.3 is 0 Å². The van der Waals surface area contributed by atoms with Crippen LogP contribution in [-0.4, -0.2) is 36.8 Å². The maximum absolute atomic E-state index is 5.88. The van der Waals surface area contributed by atoms with Gasteiger partial charge in [0.1, 0.15) is 0 Å². The van der Waals surface area contributed by atoms with Crippen molar-refractivity contribution in [2.24, 2.45) is 5.92 Å². The third-order valence-electron chi connectivity index (χ3n) is 6.30. The third kappa shape index (κ3) is 3.87. The second kappa shape index (κ2) is 7.47. The second-order valence-corrected chi connectivity index (χ2v) is 8.96. The fourth-order valence-corrected chi connectivity index (χ4v) is 4.84. The fraction of sp³-hybridized carbons (Fsp3) is 0.667. The predicted octanol–water partition coefficient (Wildman–Crippen LogP) is 4.81. The minimum Gasteiger partial charge on any atom is -0.297 e. The van der Waals surface area contributed by atoms with Crippen molar-refractivity contribution in [3.63, 3.8) is 0 Å². The van der Waals surface area contributed by atoms with E-state index < -0.39 is 0 Å². The first-order chi connectivity index (χ1) is 13.3. The molecule has 2 heterocycles. The van der Waals surface area contributed by atoms with E-state index in [0.717, 1.165) is 34.8 Å². The second-order valence-electron chi connectivity index (χ2n) is 8.60. The van der Waals surface area contributed by atoms with Crippen molar-refractivity contribution in [1.82, 2.24) is 24.2 Å². The highest BCUT2D eigenvalue weighted by molar-refractivity contribution is 7.71. The predicted molar refractivity (Wildman–Crippen MR) is 109 cm³/mol. The van der Waals surface area contributed by atoms with E-state index in [1.807, 2.05) is 18.5 Å². The van der Waals surface area contributed by atoms with Crippen LogP contribution in [-0.2, 0) is 6.67 Å². The quantitative estimate of drug-likeness (QED) is 0.643. The molecule has 0 saturated heterocycles. The Morgan fingerprint density at radius 2 is 1.89 bits per heavy atom. The van der Waals surface area contributed by atoms with Gasteiger partial charge in [-0.2, -0.15) is 5.10 Å². The molecule has 0 unspecified atom stereocenters. The van der Waals surface area contributed by atoms with Crippen LogP contribution in [0.1, 0.15) is 63.8 Å². The zero-order chi connectivity index (χ0) is 18.2. The molecule has 3 aliphatic rings. The minimum atomic E-state index is 0.522. The number of rotatable bonds is 7. The Morgan fingerprint density at radius 1 is 1.07 bits per heavy atom. The van der Waals surface area contributed by atoms with E-state index >= 15 is 0 Å². The highest BCUT2D eigenvalue weighted by Gasteiger charge is 2.33. The van der Waals surface area contributed by atoms with Crippen molar-refractivity contribution in [2.45, 2.75) is 76.5 Å². The van der Waals surface area contributed by atoms with Crippen molar-refractivity contribution in [1.29, 1.82) is 0 Å². The van der Waals surface area contributed by atoms with E-state index in [-0.39, 0.29) is 0 Å². The summed E-state index contributed by atoms with van der Waals surface area (Å²) in [7, 11) is 0. The van der Waals surface area contributed by atoms with Gasteiger partial charge in [0.15, 0.2) is 10.6 Å². The Bertz CT molecular complexity index is 828. The Balaban J connectivity index is 1.41. The molecule has 0 spiro atoms. The summed E-state index contributed by atoms with van der Waals surface area (Å²) in [6.07, 6.45) is 15.8. The van der Waals surface area contributed by atoms with Gasteiger partial charge in [-0.15, -0.1) is 0 Å². The van der Waals surface area contributed by atoms with E-state index in [1.165, 1.54) is 64.3 Å². The molecule has 2 aromatic heterocycles. The lowest BCUT2D eigenvalue weighted by Crippen LogP contribution is -2.34. The van der Waals surface area contributed by atoms with Crippen molar-refractivity contribution in [3.05, 3.63) is 29.3 Å². The Morgan fingerprint density at radius 3 is 2.56 bits per heavy atom. The zero-order valence-electron chi connectivity index (χ0n) is 16.0. The molecule has 6 heteroatoms. The Hall–Kier alpha value is -1.53. The molecular formula is C21H29N5S. The standard InChI is InChI=1S/C21H29N5S/c27-21-25(15-24(18-8-9-18)14-16-5-2-1-3-6-16)23-20(26(21)19-10-11-19)17-7-4-12-22-13-17/h4,7,12-13,16,18-19H,1-3,5-6,8-11,14-15H2. The van der Waals surface area contributed by atoms with Gasteiger partial charge in [-0.25, -0.2) is 4.68 Å². The van der Waals surface area contributed by atoms with Crippen LogP contribution in [0.25, 0.3) is 11.4 Å². The van der Waals surface area contributed by atoms with Gasteiger partial charge in [-0.1, -0.05) is 19.3 Å². The average molecular weight is 384 g/mol. The molecule has 0 N–H and O–H groups in total. The summed E-state index contributed by atoms with van der Waals surface area (Å²) in [4.78, 5) is 6.95. The molecule has 144 valence electrons. The molecule has 3 fully saturated rings. The molecule has 0 amide bonds. The summed E-state index contributed by atoms with van der Waals surface area (Å²) in [6.45, 7) is 2.05. The molecule has 5 nitrogen and oxygen atoms in total. The molecule has 0 atom stereocenters. The van der Waals surface area contributed by atoms with Crippen LogP contribution in [0.3, 0.4) is 0 Å². The molecular weight excluding hydrogens is 354 g/mol. The molecule has 0 bridgehead atoms. The van der Waals surface area contributed by atoms with E-state index in [9.17, 15) is 0 Å². The number of nitrogens with zero attached hydrogens (tertiary/aromatic N) is 5. The number of pyridine rings is 1.